The van der Waals surface area contributed by atoms with Gasteiger partial charge in [-0.15, -0.1) is 0 Å². The maximum Gasteiger partial charge on any atom is 0.0897 e. The van der Waals surface area contributed by atoms with E-state index in [-0.39, 0.29) is 0 Å². The molecular weight excluding hydrogens is 234 g/mol. The van der Waals surface area contributed by atoms with Crippen LogP contribution in [0.15, 0.2) is 0 Å². The third-order valence-corrected chi connectivity index (χ3v) is 3.58. The Balaban J connectivity index is 1.55. The number of hydrogen-bond donors (Lipinski definition) is 2. The molecule has 0 amide bonds. The minimum atomic E-state index is -0.456. The van der Waals surface area contributed by atoms with Crippen molar-refractivity contribution in [1.29, 1.82) is 0 Å². The third kappa shape index (κ3) is 4.48. The highest BCUT2D eigenvalue weighted by molar-refractivity contribution is 4.93. The quantitative estimate of drug-likeness (QED) is 0.578. The summed E-state index contributed by atoms with van der Waals surface area (Å²) >= 11 is 0. The van der Waals surface area contributed by atoms with Crippen LogP contribution < -0.4 is 5.32 Å². The molecule has 2 fully saturated rings. The smallest absolute Gasteiger partial charge is 0.0897 e. The molecule has 0 bridgehead atoms. The number of nitrogens with one attached hydrogen (secondary N) is 1. The Morgan fingerprint density at radius 3 is 2.89 bits per heavy atom. The van der Waals surface area contributed by atoms with Crippen LogP contribution in [0.4, 0.5) is 0 Å². The number of ether oxygens (including phenoxy) is 3. The van der Waals surface area contributed by atoms with E-state index in [1.165, 1.54) is 12.8 Å². The van der Waals surface area contributed by atoms with Gasteiger partial charge < -0.3 is 24.6 Å². The molecule has 2 N–H and O–H groups in total. The van der Waals surface area contributed by atoms with E-state index in [1.807, 2.05) is 0 Å². The highest BCUT2D eigenvalue weighted by Gasteiger charge is 2.40. The van der Waals surface area contributed by atoms with Gasteiger partial charge in [-0.2, -0.15) is 0 Å². The second-order valence-corrected chi connectivity index (χ2v) is 5.20. The summed E-state index contributed by atoms with van der Waals surface area (Å²) in [6.45, 7) is 2.88. The standard InChI is InChI=1S/C13H25NO4/c1-16-6-7-17-9-11(15)8-14-12-4-5-18-13(12)10-2-3-10/h10-15H,2-9H2,1H3. The zero-order valence-electron chi connectivity index (χ0n) is 11.1. The molecule has 106 valence electrons. The molecule has 3 atom stereocenters. The maximum absolute atomic E-state index is 9.78. The van der Waals surface area contributed by atoms with Gasteiger partial charge in [0.1, 0.15) is 0 Å². The average molecular weight is 259 g/mol. The zero-order chi connectivity index (χ0) is 12.8. The molecule has 2 aliphatic rings. The van der Waals surface area contributed by atoms with Gasteiger partial charge in [-0.3, -0.25) is 0 Å². The lowest BCUT2D eigenvalue weighted by molar-refractivity contribution is 0.0109. The van der Waals surface area contributed by atoms with Gasteiger partial charge in [-0.1, -0.05) is 0 Å². The number of aliphatic hydroxyl groups is 1. The molecule has 1 heterocycles. The van der Waals surface area contributed by atoms with E-state index in [0.717, 1.165) is 18.9 Å². The van der Waals surface area contributed by atoms with Crippen LogP contribution in [-0.4, -0.2) is 63.4 Å². The number of hydrogen-bond acceptors (Lipinski definition) is 5. The van der Waals surface area contributed by atoms with Crippen molar-refractivity contribution in [2.24, 2.45) is 5.92 Å². The van der Waals surface area contributed by atoms with E-state index in [4.69, 9.17) is 14.2 Å². The molecule has 0 aromatic rings. The number of methoxy groups -OCH3 is 1. The normalized spacial score (nSPS) is 29.7. The monoisotopic (exact) mass is 259 g/mol. The van der Waals surface area contributed by atoms with Gasteiger partial charge in [0.15, 0.2) is 0 Å². The topological polar surface area (TPSA) is 60.0 Å². The summed E-state index contributed by atoms with van der Waals surface area (Å²) in [4.78, 5) is 0. The molecule has 1 aliphatic heterocycles. The Morgan fingerprint density at radius 1 is 1.33 bits per heavy atom. The Bertz CT molecular complexity index is 235. The zero-order valence-corrected chi connectivity index (χ0v) is 11.1. The summed E-state index contributed by atoms with van der Waals surface area (Å²) in [6.07, 6.45) is 3.56. The molecule has 5 nitrogen and oxygen atoms in total. The molecule has 0 spiro atoms. The van der Waals surface area contributed by atoms with Crippen molar-refractivity contribution in [3.8, 4) is 0 Å². The minimum Gasteiger partial charge on any atom is -0.389 e. The fourth-order valence-corrected chi connectivity index (χ4v) is 2.43. The third-order valence-electron chi connectivity index (χ3n) is 3.58. The van der Waals surface area contributed by atoms with Gasteiger partial charge >= 0.3 is 0 Å². The van der Waals surface area contributed by atoms with Crippen LogP contribution in [0.25, 0.3) is 0 Å². The summed E-state index contributed by atoms with van der Waals surface area (Å²) in [5.74, 6) is 0.750. The highest BCUT2D eigenvalue weighted by Crippen LogP contribution is 2.38. The van der Waals surface area contributed by atoms with E-state index < -0.39 is 6.10 Å². The van der Waals surface area contributed by atoms with Crippen molar-refractivity contribution < 1.29 is 19.3 Å². The maximum atomic E-state index is 9.78. The van der Waals surface area contributed by atoms with E-state index in [9.17, 15) is 5.11 Å². The first kappa shape index (κ1) is 14.2. The fourth-order valence-electron chi connectivity index (χ4n) is 2.43. The van der Waals surface area contributed by atoms with Crippen molar-refractivity contribution in [3.05, 3.63) is 0 Å². The molecule has 1 saturated carbocycles. The van der Waals surface area contributed by atoms with Crippen LogP contribution >= 0.6 is 0 Å². The van der Waals surface area contributed by atoms with Crippen molar-refractivity contribution >= 4 is 0 Å². The van der Waals surface area contributed by atoms with E-state index in [1.54, 1.807) is 7.11 Å². The Morgan fingerprint density at radius 2 is 2.17 bits per heavy atom. The van der Waals surface area contributed by atoms with Gasteiger partial charge in [-0.25, -0.2) is 0 Å². The molecular formula is C13H25NO4. The van der Waals surface area contributed by atoms with Crippen LogP contribution in [0, 0.1) is 5.92 Å². The van der Waals surface area contributed by atoms with Crippen molar-refractivity contribution in [2.45, 2.75) is 37.5 Å². The molecule has 5 heteroatoms. The SMILES string of the molecule is COCCOCC(O)CNC1CCOC1C1CC1. The van der Waals surface area contributed by atoms with Crippen LogP contribution in [-0.2, 0) is 14.2 Å². The first-order valence-corrected chi connectivity index (χ1v) is 6.91. The van der Waals surface area contributed by atoms with E-state index in [0.29, 0.717) is 38.5 Å². The summed E-state index contributed by atoms with van der Waals surface area (Å²) in [5, 5.41) is 13.2. The lowest BCUT2D eigenvalue weighted by Crippen LogP contribution is -2.42. The first-order chi connectivity index (χ1) is 8.81. The second-order valence-electron chi connectivity index (χ2n) is 5.20. The van der Waals surface area contributed by atoms with Crippen LogP contribution in [0.5, 0.6) is 0 Å². The van der Waals surface area contributed by atoms with Gasteiger partial charge in [0.25, 0.3) is 0 Å². The molecule has 0 radical (unpaired) electrons. The van der Waals surface area contributed by atoms with E-state index in [2.05, 4.69) is 5.32 Å². The summed E-state index contributed by atoms with van der Waals surface area (Å²) in [7, 11) is 1.64. The van der Waals surface area contributed by atoms with Gasteiger partial charge in [0.05, 0.1) is 32.0 Å². The van der Waals surface area contributed by atoms with Gasteiger partial charge in [-0.05, 0) is 25.2 Å². The molecule has 1 saturated heterocycles. The second kappa shape index (κ2) is 7.40. The fraction of sp³-hybridized carbons (Fsp3) is 1.00. The number of aliphatic hydroxyl groups excluding tert-OH is 1. The predicted molar refractivity (Wildman–Crippen MR) is 67.6 cm³/mol. The molecule has 1 aliphatic carbocycles. The van der Waals surface area contributed by atoms with Crippen molar-refractivity contribution in [1.82, 2.24) is 5.32 Å². The first-order valence-electron chi connectivity index (χ1n) is 6.91. The van der Waals surface area contributed by atoms with Crippen LogP contribution in [0.3, 0.4) is 0 Å². The van der Waals surface area contributed by atoms with Gasteiger partial charge in [0.2, 0.25) is 0 Å². The van der Waals surface area contributed by atoms with E-state index >= 15 is 0 Å². The van der Waals surface area contributed by atoms with Gasteiger partial charge in [0, 0.05) is 26.3 Å². The summed E-state index contributed by atoms with van der Waals surface area (Å²) < 4.78 is 15.9. The Labute approximate surface area is 109 Å². The van der Waals surface area contributed by atoms with Crippen molar-refractivity contribution in [3.63, 3.8) is 0 Å². The summed E-state index contributed by atoms with van der Waals surface area (Å²) in [6, 6.07) is 0.408. The van der Waals surface area contributed by atoms with Crippen LogP contribution in [0.2, 0.25) is 0 Å². The van der Waals surface area contributed by atoms with Crippen molar-refractivity contribution in [2.75, 3.05) is 40.1 Å². The van der Waals surface area contributed by atoms with Crippen LogP contribution in [0.1, 0.15) is 19.3 Å². The number of rotatable bonds is 9. The largest absolute Gasteiger partial charge is 0.389 e. The molecule has 2 rings (SSSR count). The summed E-state index contributed by atoms with van der Waals surface area (Å²) in [5.41, 5.74) is 0. The minimum absolute atomic E-state index is 0.359. The Hall–Kier alpha value is -0.200. The Kier molecular flexibility index (Phi) is 5.85. The highest BCUT2D eigenvalue weighted by atomic mass is 16.5. The average Bonchev–Trinajstić information content (AvgIpc) is 3.11. The predicted octanol–water partition coefficient (Wildman–Crippen LogP) is 0.167. The molecule has 18 heavy (non-hydrogen) atoms. The lowest BCUT2D eigenvalue weighted by atomic mass is 10.1. The molecule has 0 aromatic heterocycles. The lowest BCUT2D eigenvalue weighted by Gasteiger charge is -2.21. The molecule has 0 aromatic carbocycles. The molecule has 3 unspecified atom stereocenters.